The molecule has 0 aliphatic carbocycles. The molecule has 0 saturated heterocycles. The Balaban J connectivity index is 1.70. The molecule has 10 heteroatoms. The van der Waals surface area contributed by atoms with Crippen molar-refractivity contribution in [1.29, 1.82) is 0 Å². The van der Waals surface area contributed by atoms with Crippen molar-refractivity contribution in [2.45, 2.75) is 4.90 Å². The molecule has 1 heterocycles. The predicted molar refractivity (Wildman–Crippen MR) is 130 cm³/mol. The quantitative estimate of drug-likeness (QED) is 0.390. The van der Waals surface area contributed by atoms with E-state index in [-0.39, 0.29) is 10.9 Å². The van der Waals surface area contributed by atoms with E-state index in [4.69, 9.17) is 18.6 Å². The smallest absolute Gasteiger partial charge is 0.300 e. The molecule has 9 nitrogen and oxygen atoms in total. The zero-order chi connectivity index (χ0) is 24.5. The Labute approximate surface area is 197 Å². The van der Waals surface area contributed by atoms with Crippen molar-refractivity contribution in [3.05, 3.63) is 54.6 Å². The molecule has 0 spiro atoms. The molecule has 1 N–H and O–H groups in total. The minimum atomic E-state index is -3.51. The molecular weight excluding hydrogens is 458 g/mol. The number of hydrogen-bond acceptors (Lipinski definition) is 8. The number of aromatic nitrogens is 1. The first kappa shape index (κ1) is 23.4. The third-order valence-electron chi connectivity index (χ3n) is 5.28. The van der Waals surface area contributed by atoms with Gasteiger partial charge in [0.1, 0.15) is 5.52 Å². The summed E-state index contributed by atoms with van der Waals surface area (Å²) in [6, 6.07) is 16.0. The molecule has 4 aromatic rings. The Bertz CT molecular complexity index is 1400. The Morgan fingerprint density at radius 3 is 2.12 bits per heavy atom. The van der Waals surface area contributed by atoms with E-state index < -0.39 is 10.0 Å². The van der Waals surface area contributed by atoms with Crippen LogP contribution < -0.4 is 19.5 Å². The normalized spacial score (nSPS) is 11.6. The lowest BCUT2D eigenvalue weighted by atomic mass is 10.0. The highest BCUT2D eigenvalue weighted by Crippen LogP contribution is 2.41. The van der Waals surface area contributed by atoms with Crippen LogP contribution in [-0.4, -0.2) is 53.1 Å². The van der Waals surface area contributed by atoms with Crippen LogP contribution in [0.3, 0.4) is 0 Å². The predicted octanol–water partition coefficient (Wildman–Crippen LogP) is 4.51. The highest BCUT2D eigenvalue weighted by atomic mass is 32.2. The van der Waals surface area contributed by atoms with Gasteiger partial charge in [-0.25, -0.2) is 12.7 Å². The van der Waals surface area contributed by atoms with Crippen LogP contribution in [0.4, 0.5) is 11.7 Å². The van der Waals surface area contributed by atoms with Crippen molar-refractivity contribution in [3.63, 3.8) is 0 Å². The van der Waals surface area contributed by atoms with Crippen LogP contribution >= 0.6 is 0 Å². The summed E-state index contributed by atoms with van der Waals surface area (Å²) in [5.74, 6) is 1.47. The largest absolute Gasteiger partial charge is 0.493 e. The molecule has 0 saturated carbocycles. The van der Waals surface area contributed by atoms with Crippen molar-refractivity contribution in [2.75, 3.05) is 40.7 Å². The summed E-state index contributed by atoms with van der Waals surface area (Å²) in [5, 5.41) is 3.14. The average molecular weight is 484 g/mol. The molecular formula is C24H25N3O6S. The molecule has 0 unspecified atom stereocenters. The summed E-state index contributed by atoms with van der Waals surface area (Å²) in [7, 11) is 4.13. The highest BCUT2D eigenvalue weighted by molar-refractivity contribution is 7.89. The Morgan fingerprint density at radius 1 is 0.912 bits per heavy atom. The second kappa shape index (κ2) is 9.24. The van der Waals surface area contributed by atoms with Crippen LogP contribution in [-0.2, 0) is 10.0 Å². The van der Waals surface area contributed by atoms with Gasteiger partial charge >= 0.3 is 0 Å². The summed E-state index contributed by atoms with van der Waals surface area (Å²) in [4.78, 5) is 4.84. The second-order valence-electron chi connectivity index (χ2n) is 7.52. The van der Waals surface area contributed by atoms with Gasteiger partial charge < -0.3 is 23.9 Å². The molecule has 0 fully saturated rings. The molecule has 0 aliphatic rings. The number of sulfonamides is 1. The number of anilines is 2. The van der Waals surface area contributed by atoms with Gasteiger partial charge in [0.15, 0.2) is 17.1 Å². The van der Waals surface area contributed by atoms with Gasteiger partial charge in [0, 0.05) is 37.5 Å². The summed E-state index contributed by atoms with van der Waals surface area (Å²) >= 11 is 0. The van der Waals surface area contributed by atoms with E-state index in [1.807, 2.05) is 18.2 Å². The van der Waals surface area contributed by atoms with Gasteiger partial charge in [0.25, 0.3) is 6.01 Å². The third kappa shape index (κ3) is 4.25. The SMILES string of the molecule is COc1cc(Nc2nc3c(-c4ccc(S(=O)(=O)N(C)C)cc4)cccc3o2)cc(OC)c1OC. The second-order valence-corrected chi connectivity index (χ2v) is 9.67. The lowest BCUT2D eigenvalue weighted by Gasteiger charge is -2.14. The van der Waals surface area contributed by atoms with Crippen molar-refractivity contribution < 1.29 is 27.0 Å². The topological polar surface area (TPSA) is 103 Å². The van der Waals surface area contributed by atoms with Gasteiger partial charge in [-0.05, 0) is 23.8 Å². The third-order valence-corrected chi connectivity index (χ3v) is 7.11. The molecule has 0 radical (unpaired) electrons. The Morgan fingerprint density at radius 2 is 1.56 bits per heavy atom. The van der Waals surface area contributed by atoms with Crippen LogP contribution in [0, 0.1) is 0 Å². The van der Waals surface area contributed by atoms with Crippen LogP contribution in [0.5, 0.6) is 17.2 Å². The van der Waals surface area contributed by atoms with Crippen LogP contribution in [0.25, 0.3) is 22.2 Å². The zero-order valence-corrected chi connectivity index (χ0v) is 20.3. The van der Waals surface area contributed by atoms with Crippen molar-refractivity contribution in [3.8, 4) is 28.4 Å². The van der Waals surface area contributed by atoms with E-state index in [2.05, 4.69) is 10.3 Å². The van der Waals surface area contributed by atoms with Gasteiger partial charge in [-0.1, -0.05) is 24.3 Å². The molecule has 1 aromatic heterocycles. The lowest BCUT2D eigenvalue weighted by Crippen LogP contribution is -2.22. The summed E-state index contributed by atoms with van der Waals surface area (Å²) < 4.78 is 48.0. The number of ether oxygens (including phenoxy) is 3. The van der Waals surface area contributed by atoms with E-state index in [0.29, 0.717) is 34.0 Å². The summed E-state index contributed by atoms with van der Waals surface area (Å²) in [5.41, 5.74) is 3.49. The fourth-order valence-corrected chi connectivity index (χ4v) is 4.43. The molecule has 0 atom stereocenters. The maximum Gasteiger partial charge on any atom is 0.300 e. The number of hydrogen-bond donors (Lipinski definition) is 1. The van der Waals surface area contributed by atoms with Crippen LogP contribution in [0.15, 0.2) is 63.9 Å². The monoisotopic (exact) mass is 483 g/mol. The standard InChI is InChI=1S/C24H25N3O6S/c1-27(2)34(28,29)17-11-9-15(10-12-17)18-7-6-8-19-22(18)26-24(33-19)25-16-13-20(30-3)23(32-5)21(14-16)31-4/h6-14H,1-5H3,(H,25,26). The van der Waals surface area contributed by atoms with E-state index in [1.54, 1.807) is 50.6 Å². The highest BCUT2D eigenvalue weighted by Gasteiger charge is 2.18. The van der Waals surface area contributed by atoms with E-state index in [9.17, 15) is 8.42 Å². The van der Waals surface area contributed by atoms with Crippen molar-refractivity contribution in [2.24, 2.45) is 0 Å². The van der Waals surface area contributed by atoms with E-state index >= 15 is 0 Å². The van der Waals surface area contributed by atoms with Crippen LogP contribution in [0.1, 0.15) is 0 Å². The number of nitrogens with zero attached hydrogens (tertiary/aromatic N) is 2. The number of benzene rings is 3. The maximum absolute atomic E-state index is 12.4. The maximum atomic E-state index is 12.4. The van der Waals surface area contributed by atoms with Gasteiger partial charge in [0.05, 0.1) is 26.2 Å². The first-order valence-electron chi connectivity index (χ1n) is 10.3. The molecule has 0 amide bonds. The number of oxazole rings is 1. The number of para-hydroxylation sites is 1. The van der Waals surface area contributed by atoms with Crippen molar-refractivity contribution >= 4 is 32.8 Å². The number of rotatable bonds is 8. The minimum absolute atomic E-state index is 0.221. The van der Waals surface area contributed by atoms with Gasteiger partial charge in [-0.3, -0.25) is 0 Å². The Hall–Kier alpha value is -3.76. The molecule has 0 aliphatic heterocycles. The molecule has 34 heavy (non-hydrogen) atoms. The van der Waals surface area contributed by atoms with Crippen molar-refractivity contribution in [1.82, 2.24) is 9.29 Å². The van der Waals surface area contributed by atoms with E-state index in [0.717, 1.165) is 11.1 Å². The minimum Gasteiger partial charge on any atom is -0.493 e. The molecule has 178 valence electrons. The fourth-order valence-electron chi connectivity index (χ4n) is 3.53. The van der Waals surface area contributed by atoms with Gasteiger partial charge in [0.2, 0.25) is 15.8 Å². The first-order valence-corrected chi connectivity index (χ1v) is 11.7. The average Bonchev–Trinajstić information content (AvgIpc) is 3.25. The zero-order valence-electron chi connectivity index (χ0n) is 19.4. The number of methoxy groups -OCH3 is 3. The summed E-state index contributed by atoms with van der Waals surface area (Å²) in [6.45, 7) is 0. The summed E-state index contributed by atoms with van der Waals surface area (Å²) in [6.07, 6.45) is 0. The molecule has 3 aromatic carbocycles. The molecule has 4 rings (SSSR count). The first-order chi connectivity index (χ1) is 16.3. The Kier molecular flexibility index (Phi) is 6.36. The van der Waals surface area contributed by atoms with Gasteiger partial charge in [-0.15, -0.1) is 0 Å². The number of fused-ring (bicyclic) bond motifs is 1. The van der Waals surface area contributed by atoms with E-state index in [1.165, 1.54) is 25.5 Å². The lowest BCUT2D eigenvalue weighted by molar-refractivity contribution is 0.324. The molecule has 0 bridgehead atoms. The van der Waals surface area contributed by atoms with Gasteiger partial charge in [-0.2, -0.15) is 4.98 Å². The number of nitrogens with one attached hydrogen (secondary N) is 1. The van der Waals surface area contributed by atoms with Crippen LogP contribution in [0.2, 0.25) is 0 Å². The fraction of sp³-hybridized carbons (Fsp3) is 0.208.